The molecule has 1 amide bonds. The number of anilines is 1. The van der Waals surface area contributed by atoms with Crippen LogP contribution >= 0.6 is 15.9 Å². The normalized spacial score (nSPS) is 11.9. The number of benzene rings is 1. The molecule has 9 heteroatoms. The van der Waals surface area contributed by atoms with Gasteiger partial charge in [0.25, 0.3) is 5.69 Å². The van der Waals surface area contributed by atoms with Crippen molar-refractivity contribution in [2.75, 3.05) is 11.9 Å². The Labute approximate surface area is 109 Å². The first-order valence-electron chi connectivity index (χ1n) is 4.67. The molecule has 0 fully saturated rings. The predicted molar refractivity (Wildman–Crippen MR) is 64.4 cm³/mol. The summed E-state index contributed by atoms with van der Waals surface area (Å²) in [4.78, 5) is 20.6. The van der Waals surface area contributed by atoms with Crippen LogP contribution in [0.1, 0.15) is 0 Å². The molecule has 0 aliphatic rings. The second kappa shape index (κ2) is 5.74. The SMILES string of the molecule is NC(=O)C(O)CNc1cc(F)c(Br)cc1[N+](=O)[O-]. The van der Waals surface area contributed by atoms with Gasteiger partial charge < -0.3 is 16.2 Å². The zero-order valence-electron chi connectivity index (χ0n) is 8.89. The number of nitrogens with zero attached hydrogens (tertiary/aromatic N) is 1. The summed E-state index contributed by atoms with van der Waals surface area (Å²) in [6, 6.07) is 1.87. The van der Waals surface area contributed by atoms with Gasteiger partial charge >= 0.3 is 0 Å². The number of nitro groups is 1. The van der Waals surface area contributed by atoms with E-state index in [0.29, 0.717) is 0 Å². The molecule has 0 spiro atoms. The number of carbonyl (C=O) groups is 1. The average Bonchev–Trinajstić information content (AvgIpc) is 2.29. The number of amides is 1. The van der Waals surface area contributed by atoms with Crippen LogP contribution in [0.3, 0.4) is 0 Å². The van der Waals surface area contributed by atoms with Gasteiger partial charge in [-0.15, -0.1) is 0 Å². The minimum absolute atomic E-state index is 0.0600. The van der Waals surface area contributed by atoms with Crippen LogP contribution in [0.2, 0.25) is 0 Å². The summed E-state index contributed by atoms with van der Waals surface area (Å²) in [7, 11) is 0. The van der Waals surface area contributed by atoms with Crippen molar-refractivity contribution in [3.8, 4) is 0 Å². The van der Waals surface area contributed by atoms with E-state index in [9.17, 15) is 19.3 Å². The maximum absolute atomic E-state index is 13.2. The summed E-state index contributed by atoms with van der Waals surface area (Å²) < 4.78 is 13.2. The van der Waals surface area contributed by atoms with Crippen LogP contribution in [0.25, 0.3) is 0 Å². The summed E-state index contributed by atoms with van der Waals surface area (Å²) in [6.07, 6.45) is -1.52. The molecule has 0 aliphatic heterocycles. The number of hydrogen-bond acceptors (Lipinski definition) is 5. The van der Waals surface area contributed by atoms with Gasteiger partial charge in [-0.1, -0.05) is 0 Å². The molecule has 1 aromatic carbocycles. The third-order valence-corrected chi connectivity index (χ3v) is 2.66. The molecule has 0 aromatic heterocycles. The lowest BCUT2D eigenvalue weighted by atomic mass is 10.2. The number of rotatable bonds is 5. The first kappa shape index (κ1) is 14.3. The summed E-state index contributed by atoms with van der Waals surface area (Å²) in [5.74, 6) is -1.69. The Bertz CT molecular complexity index is 497. The van der Waals surface area contributed by atoms with Gasteiger partial charge in [-0.3, -0.25) is 14.9 Å². The minimum Gasteiger partial charge on any atom is -0.381 e. The third-order valence-electron chi connectivity index (χ3n) is 2.05. The molecule has 1 atom stereocenters. The van der Waals surface area contributed by atoms with Crippen molar-refractivity contribution < 1.29 is 19.2 Å². The number of nitro benzene ring substituents is 1. The fourth-order valence-electron chi connectivity index (χ4n) is 1.14. The number of nitrogens with one attached hydrogen (secondary N) is 1. The Hall–Kier alpha value is -1.74. The summed E-state index contributed by atoms with van der Waals surface area (Å²) in [6.45, 7) is -0.350. The average molecular weight is 322 g/mol. The zero-order valence-corrected chi connectivity index (χ0v) is 10.5. The summed E-state index contributed by atoms with van der Waals surface area (Å²) in [5, 5.41) is 22.3. The van der Waals surface area contributed by atoms with Crippen molar-refractivity contribution in [1.82, 2.24) is 0 Å². The molecule has 0 radical (unpaired) electrons. The van der Waals surface area contributed by atoms with Gasteiger partial charge in [-0.25, -0.2) is 4.39 Å². The third kappa shape index (κ3) is 3.37. The minimum atomic E-state index is -1.52. The lowest BCUT2D eigenvalue weighted by Crippen LogP contribution is -2.34. The standard InChI is InChI=1S/C9H9BrFN3O4/c10-4-1-7(14(17)18)6(2-5(4)11)13-3-8(15)9(12)16/h1-2,8,13,15H,3H2,(H2,12,16). The molecular formula is C9H9BrFN3O4. The number of halogens is 2. The van der Waals surface area contributed by atoms with Crippen molar-refractivity contribution in [2.45, 2.75) is 6.10 Å². The van der Waals surface area contributed by atoms with E-state index in [2.05, 4.69) is 21.2 Å². The Morgan fingerprint density at radius 2 is 2.28 bits per heavy atom. The summed E-state index contributed by atoms with van der Waals surface area (Å²) >= 11 is 2.82. The maximum Gasteiger partial charge on any atom is 0.293 e. The van der Waals surface area contributed by atoms with Gasteiger partial charge in [-0.2, -0.15) is 0 Å². The maximum atomic E-state index is 13.2. The second-order valence-electron chi connectivity index (χ2n) is 3.34. The largest absolute Gasteiger partial charge is 0.381 e. The van der Waals surface area contributed by atoms with Crippen LogP contribution in [0, 0.1) is 15.9 Å². The molecule has 0 aliphatic carbocycles. The fourth-order valence-corrected chi connectivity index (χ4v) is 1.47. The van der Waals surface area contributed by atoms with Crippen LogP contribution in [0.15, 0.2) is 16.6 Å². The van der Waals surface area contributed by atoms with E-state index in [1.807, 2.05) is 0 Å². The van der Waals surface area contributed by atoms with Crippen molar-refractivity contribution >= 4 is 33.2 Å². The van der Waals surface area contributed by atoms with Crippen LogP contribution in [0.4, 0.5) is 15.8 Å². The van der Waals surface area contributed by atoms with Crippen molar-refractivity contribution in [1.29, 1.82) is 0 Å². The molecule has 0 saturated heterocycles. The Kier molecular flexibility index (Phi) is 4.56. The summed E-state index contributed by atoms with van der Waals surface area (Å²) in [5.41, 5.74) is 4.27. The van der Waals surface area contributed by atoms with Gasteiger partial charge in [0.2, 0.25) is 5.91 Å². The van der Waals surface area contributed by atoms with Gasteiger partial charge in [0.05, 0.1) is 15.9 Å². The molecule has 4 N–H and O–H groups in total. The predicted octanol–water partition coefficient (Wildman–Crippen LogP) is 0.754. The van der Waals surface area contributed by atoms with Crippen LogP contribution in [-0.4, -0.2) is 28.6 Å². The lowest BCUT2D eigenvalue weighted by Gasteiger charge is -2.10. The Morgan fingerprint density at radius 1 is 1.67 bits per heavy atom. The quantitative estimate of drug-likeness (QED) is 0.546. The molecule has 1 rings (SSSR count). The molecular weight excluding hydrogens is 313 g/mol. The zero-order chi connectivity index (χ0) is 13.9. The van der Waals surface area contributed by atoms with E-state index in [0.717, 1.165) is 12.1 Å². The molecule has 0 bridgehead atoms. The van der Waals surface area contributed by atoms with Gasteiger partial charge in [0.15, 0.2) is 0 Å². The molecule has 1 aromatic rings. The van der Waals surface area contributed by atoms with E-state index >= 15 is 0 Å². The van der Waals surface area contributed by atoms with Crippen molar-refractivity contribution in [3.05, 3.63) is 32.5 Å². The topological polar surface area (TPSA) is 118 Å². The highest BCUT2D eigenvalue weighted by Gasteiger charge is 2.19. The van der Waals surface area contributed by atoms with E-state index < -0.39 is 22.8 Å². The van der Waals surface area contributed by atoms with Gasteiger partial charge in [0.1, 0.15) is 17.6 Å². The van der Waals surface area contributed by atoms with Gasteiger partial charge in [0, 0.05) is 12.1 Å². The number of nitrogens with two attached hydrogens (primary N) is 1. The van der Waals surface area contributed by atoms with Crippen molar-refractivity contribution in [3.63, 3.8) is 0 Å². The fraction of sp³-hybridized carbons (Fsp3) is 0.222. The Balaban J connectivity index is 2.97. The highest BCUT2D eigenvalue weighted by molar-refractivity contribution is 9.10. The second-order valence-corrected chi connectivity index (χ2v) is 4.19. The number of aliphatic hydroxyl groups is 1. The van der Waals surface area contributed by atoms with E-state index in [-0.39, 0.29) is 22.4 Å². The van der Waals surface area contributed by atoms with Crippen molar-refractivity contribution in [2.24, 2.45) is 5.73 Å². The highest BCUT2D eigenvalue weighted by atomic mass is 79.9. The number of hydrogen-bond donors (Lipinski definition) is 3. The molecule has 18 heavy (non-hydrogen) atoms. The lowest BCUT2D eigenvalue weighted by molar-refractivity contribution is -0.384. The van der Waals surface area contributed by atoms with Gasteiger partial charge in [-0.05, 0) is 15.9 Å². The first-order valence-corrected chi connectivity index (χ1v) is 5.47. The number of primary amides is 1. The van der Waals surface area contributed by atoms with Crippen LogP contribution < -0.4 is 11.1 Å². The molecule has 1 unspecified atom stereocenters. The van der Waals surface area contributed by atoms with E-state index in [1.54, 1.807) is 0 Å². The highest BCUT2D eigenvalue weighted by Crippen LogP contribution is 2.30. The molecule has 98 valence electrons. The monoisotopic (exact) mass is 321 g/mol. The van der Waals surface area contributed by atoms with Crippen LogP contribution in [0.5, 0.6) is 0 Å². The van der Waals surface area contributed by atoms with E-state index in [4.69, 9.17) is 10.8 Å². The smallest absolute Gasteiger partial charge is 0.293 e. The number of aliphatic hydroxyl groups excluding tert-OH is 1. The number of carbonyl (C=O) groups excluding carboxylic acids is 1. The van der Waals surface area contributed by atoms with E-state index in [1.165, 1.54) is 0 Å². The molecule has 0 heterocycles. The molecule has 0 saturated carbocycles. The van der Waals surface area contributed by atoms with Crippen LogP contribution in [-0.2, 0) is 4.79 Å². The first-order chi connectivity index (χ1) is 8.32. The Morgan fingerprint density at radius 3 is 2.78 bits per heavy atom. The molecule has 7 nitrogen and oxygen atoms in total.